The van der Waals surface area contributed by atoms with E-state index in [2.05, 4.69) is 13.2 Å². The molecule has 1 saturated heterocycles. The Labute approximate surface area is 109 Å². The van der Waals surface area contributed by atoms with Crippen LogP contribution in [0.25, 0.3) is 0 Å². The molecule has 18 heavy (non-hydrogen) atoms. The van der Waals surface area contributed by atoms with Gasteiger partial charge < -0.3 is 14.9 Å². The Balaban J connectivity index is 2.56. The molecule has 1 heterocycles. The van der Waals surface area contributed by atoms with Crippen LogP contribution in [0.1, 0.15) is 32.6 Å². The third kappa shape index (κ3) is 5.17. The van der Waals surface area contributed by atoms with Gasteiger partial charge in [-0.3, -0.25) is 0 Å². The minimum Gasteiger partial charge on any atom is -0.394 e. The van der Waals surface area contributed by atoms with Gasteiger partial charge in [-0.15, -0.1) is 6.58 Å². The van der Waals surface area contributed by atoms with Gasteiger partial charge in [-0.05, 0) is 32.6 Å². The van der Waals surface area contributed by atoms with Gasteiger partial charge >= 0.3 is 0 Å². The molecule has 0 aliphatic carbocycles. The molecule has 3 atom stereocenters. The van der Waals surface area contributed by atoms with Crippen LogP contribution in [0.15, 0.2) is 36.5 Å². The predicted octanol–water partition coefficient (Wildman–Crippen LogP) is 2.36. The van der Waals surface area contributed by atoms with Crippen LogP contribution in [-0.4, -0.2) is 35.1 Å². The Morgan fingerprint density at radius 2 is 2.28 bits per heavy atom. The summed E-state index contributed by atoms with van der Waals surface area (Å²) in [7, 11) is 0. The maximum atomic E-state index is 9.38. The van der Waals surface area contributed by atoms with Crippen molar-refractivity contribution in [2.24, 2.45) is 0 Å². The Morgan fingerprint density at radius 3 is 2.89 bits per heavy atom. The van der Waals surface area contributed by atoms with Gasteiger partial charge in [-0.1, -0.05) is 29.9 Å². The standard InChI is InChI=1S/C15H24O3/c1-4-5-14-7-12(3)9-15(18-14)8-11(2)6-13(17)10-16/h4,8,13-17H,1,3,5-7,9-10H2,2H3/b11-8+/t13-,14-,15+/m0/s1. The Kier molecular flexibility index (Phi) is 6.33. The highest BCUT2D eigenvalue weighted by molar-refractivity contribution is 5.11. The zero-order valence-corrected chi connectivity index (χ0v) is 11.1. The number of aliphatic hydroxyl groups excluding tert-OH is 2. The van der Waals surface area contributed by atoms with Gasteiger partial charge in [-0.2, -0.15) is 0 Å². The molecule has 0 aromatic carbocycles. The first kappa shape index (κ1) is 15.2. The highest BCUT2D eigenvalue weighted by Crippen LogP contribution is 2.26. The maximum Gasteiger partial charge on any atom is 0.0807 e. The second-order valence-corrected chi connectivity index (χ2v) is 5.03. The molecule has 1 aliphatic rings. The quantitative estimate of drug-likeness (QED) is 0.713. The van der Waals surface area contributed by atoms with Gasteiger partial charge in [0.05, 0.1) is 24.9 Å². The molecular weight excluding hydrogens is 228 g/mol. The van der Waals surface area contributed by atoms with Crippen molar-refractivity contribution in [3.8, 4) is 0 Å². The normalized spacial score (nSPS) is 27.1. The van der Waals surface area contributed by atoms with Crippen LogP contribution in [0.3, 0.4) is 0 Å². The summed E-state index contributed by atoms with van der Waals surface area (Å²) >= 11 is 0. The number of rotatable bonds is 6. The van der Waals surface area contributed by atoms with E-state index in [1.807, 2.05) is 19.1 Å². The van der Waals surface area contributed by atoms with Crippen LogP contribution in [0.5, 0.6) is 0 Å². The van der Waals surface area contributed by atoms with Gasteiger partial charge in [0.25, 0.3) is 0 Å². The molecular formula is C15H24O3. The lowest BCUT2D eigenvalue weighted by atomic mass is 9.96. The van der Waals surface area contributed by atoms with E-state index in [9.17, 15) is 5.11 Å². The fourth-order valence-electron chi connectivity index (χ4n) is 2.28. The molecule has 0 unspecified atom stereocenters. The average molecular weight is 252 g/mol. The molecule has 102 valence electrons. The topological polar surface area (TPSA) is 49.7 Å². The number of hydrogen-bond acceptors (Lipinski definition) is 3. The van der Waals surface area contributed by atoms with Crippen molar-refractivity contribution in [2.75, 3.05) is 6.61 Å². The van der Waals surface area contributed by atoms with Gasteiger partial charge in [0.1, 0.15) is 0 Å². The van der Waals surface area contributed by atoms with E-state index < -0.39 is 6.10 Å². The van der Waals surface area contributed by atoms with Crippen LogP contribution >= 0.6 is 0 Å². The molecule has 1 fully saturated rings. The highest BCUT2D eigenvalue weighted by Gasteiger charge is 2.22. The smallest absolute Gasteiger partial charge is 0.0807 e. The fraction of sp³-hybridized carbons (Fsp3) is 0.600. The maximum absolute atomic E-state index is 9.38. The van der Waals surface area contributed by atoms with E-state index in [4.69, 9.17) is 9.84 Å². The zero-order chi connectivity index (χ0) is 13.5. The van der Waals surface area contributed by atoms with Crippen molar-refractivity contribution in [2.45, 2.75) is 50.9 Å². The van der Waals surface area contributed by atoms with Gasteiger partial charge in [-0.25, -0.2) is 0 Å². The number of ether oxygens (including phenoxy) is 1. The van der Waals surface area contributed by atoms with Crippen molar-refractivity contribution < 1.29 is 14.9 Å². The first-order chi connectivity index (χ1) is 8.55. The number of aliphatic hydroxyl groups is 2. The summed E-state index contributed by atoms with van der Waals surface area (Å²) in [6.45, 7) is 9.52. The summed E-state index contributed by atoms with van der Waals surface area (Å²) < 4.78 is 5.93. The summed E-state index contributed by atoms with van der Waals surface area (Å²) in [6, 6.07) is 0. The van der Waals surface area contributed by atoms with Crippen molar-refractivity contribution in [3.63, 3.8) is 0 Å². The van der Waals surface area contributed by atoms with Gasteiger partial charge in [0.2, 0.25) is 0 Å². The lowest BCUT2D eigenvalue weighted by Crippen LogP contribution is -2.27. The van der Waals surface area contributed by atoms with Gasteiger partial charge in [0, 0.05) is 0 Å². The molecule has 0 aromatic rings. The van der Waals surface area contributed by atoms with E-state index >= 15 is 0 Å². The summed E-state index contributed by atoms with van der Waals surface area (Å²) in [5.41, 5.74) is 2.23. The summed E-state index contributed by atoms with van der Waals surface area (Å²) in [5, 5.41) is 18.2. The third-order valence-corrected chi connectivity index (χ3v) is 3.04. The summed E-state index contributed by atoms with van der Waals surface area (Å²) in [4.78, 5) is 0. The van der Waals surface area contributed by atoms with Crippen LogP contribution < -0.4 is 0 Å². The van der Waals surface area contributed by atoms with E-state index in [-0.39, 0.29) is 18.8 Å². The van der Waals surface area contributed by atoms with E-state index in [0.717, 1.165) is 24.8 Å². The average Bonchev–Trinajstić information content (AvgIpc) is 2.28. The van der Waals surface area contributed by atoms with Crippen LogP contribution in [0.2, 0.25) is 0 Å². The van der Waals surface area contributed by atoms with Gasteiger partial charge in [0.15, 0.2) is 0 Å². The molecule has 1 aliphatic heterocycles. The minimum atomic E-state index is -0.683. The molecule has 0 aromatic heterocycles. The van der Waals surface area contributed by atoms with Crippen molar-refractivity contribution in [1.82, 2.24) is 0 Å². The van der Waals surface area contributed by atoms with Crippen LogP contribution in [0.4, 0.5) is 0 Å². The molecule has 0 radical (unpaired) electrons. The zero-order valence-electron chi connectivity index (χ0n) is 11.1. The second-order valence-electron chi connectivity index (χ2n) is 5.03. The molecule has 0 saturated carbocycles. The summed E-state index contributed by atoms with van der Waals surface area (Å²) in [6.07, 6.45) is 6.46. The first-order valence-electron chi connectivity index (χ1n) is 6.44. The molecule has 1 rings (SSSR count). The second kappa shape index (κ2) is 7.52. The van der Waals surface area contributed by atoms with E-state index in [1.165, 1.54) is 5.57 Å². The molecule has 0 spiro atoms. The molecule has 0 amide bonds. The molecule has 0 bridgehead atoms. The van der Waals surface area contributed by atoms with Crippen LogP contribution in [-0.2, 0) is 4.74 Å². The SMILES string of the molecule is C=CC[C@H]1CC(=C)C[C@@H](/C=C(\C)C[C@H](O)CO)O1. The third-order valence-electron chi connectivity index (χ3n) is 3.04. The Hall–Kier alpha value is -0.900. The van der Waals surface area contributed by atoms with Crippen molar-refractivity contribution in [1.29, 1.82) is 0 Å². The fourth-order valence-corrected chi connectivity index (χ4v) is 2.28. The van der Waals surface area contributed by atoms with Crippen LogP contribution in [0, 0.1) is 0 Å². The predicted molar refractivity (Wildman–Crippen MR) is 73.3 cm³/mol. The molecule has 2 N–H and O–H groups in total. The molecule has 3 heteroatoms. The van der Waals surface area contributed by atoms with Crippen molar-refractivity contribution in [3.05, 3.63) is 36.5 Å². The number of hydrogen-bond donors (Lipinski definition) is 2. The van der Waals surface area contributed by atoms with E-state index in [1.54, 1.807) is 0 Å². The monoisotopic (exact) mass is 252 g/mol. The Bertz CT molecular complexity index is 320. The summed E-state index contributed by atoms with van der Waals surface area (Å²) in [5.74, 6) is 0. The minimum absolute atomic E-state index is 0.0297. The highest BCUT2D eigenvalue weighted by atomic mass is 16.5. The Morgan fingerprint density at radius 1 is 1.56 bits per heavy atom. The lowest BCUT2D eigenvalue weighted by Gasteiger charge is -2.30. The molecule has 3 nitrogen and oxygen atoms in total. The largest absolute Gasteiger partial charge is 0.394 e. The lowest BCUT2D eigenvalue weighted by molar-refractivity contribution is -0.00416. The first-order valence-corrected chi connectivity index (χ1v) is 6.44. The van der Waals surface area contributed by atoms with E-state index in [0.29, 0.717) is 6.42 Å². The van der Waals surface area contributed by atoms with Crippen molar-refractivity contribution >= 4 is 0 Å².